The molecule has 1 N–H and O–H groups in total. The number of aryl methyl sites for hydroxylation is 1. The number of ether oxygens (including phenoxy) is 3. The summed E-state index contributed by atoms with van der Waals surface area (Å²) in [5.74, 6) is 1.21. The van der Waals surface area contributed by atoms with Gasteiger partial charge in [0.2, 0.25) is 0 Å². The van der Waals surface area contributed by atoms with Crippen molar-refractivity contribution in [3.8, 4) is 17.2 Å². The maximum Gasteiger partial charge on any atom is 0.255 e. The third kappa shape index (κ3) is 3.97. The van der Waals surface area contributed by atoms with Crippen LogP contribution < -0.4 is 19.5 Å². The number of carbonyl (C=O) groups is 1. The smallest absolute Gasteiger partial charge is 0.255 e. The molecule has 0 spiro atoms. The number of hydrogen-bond donors (Lipinski definition) is 1. The summed E-state index contributed by atoms with van der Waals surface area (Å²) < 4.78 is 17.9. The number of methoxy groups -OCH3 is 3. The van der Waals surface area contributed by atoms with Crippen molar-refractivity contribution >= 4 is 16.9 Å². The first-order valence-electron chi connectivity index (χ1n) is 8.66. The Kier molecular flexibility index (Phi) is 5.80. The second-order valence-corrected chi connectivity index (χ2v) is 5.94. The molecule has 0 saturated heterocycles. The van der Waals surface area contributed by atoms with E-state index in [0.717, 1.165) is 24.0 Å². The lowest BCUT2D eigenvalue weighted by Crippen LogP contribution is -2.25. The van der Waals surface area contributed by atoms with Gasteiger partial charge in [0.25, 0.3) is 5.91 Å². The SMILES string of the molecule is COc1cc(OC)c(C(=O)NCCCn2cnc3ccccc32)cc1OC. The fraction of sp³-hybridized carbons (Fsp3) is 0.300. The molecule has 0 aliphatic carbocycles. The van der Waals surface area contributed by atoms with Crippen molar-refractivity contribution in [2.24, 2.45) is 0 Å². The number of nitrogens with zero attached hydrogens (tertiary/aromatic N) is 2. The summed E-state index contributed by atoms with van der Waals surface area (Å²) in [4.78, 5) is 16.9. The minimum Gasteiger partial charge on any atom is -0.496 e. The third-order valence-electron chi connectivity index (χ3n) is 4.34. The number of nitrogens with one attached hydrogen (secondary N) is 1. The third-order valence-corrected chi connectivity index (χ3v) is 4.34. The predicted molar refractivity (Wildman–Crippen MR) is 103 cm³/mol. The molecular weight excluding hydrogens is 346 g/mol. The zero-order chi connectivity index (χ0) is 19.2. The number of fused-ring (bicyclic) bond motifs is 1. The fourth-order valence-electron chi connectivity index (χ4n) is 2.94. The van der Waals surface area contributed by atoms with Gasteiger partial charge in [-0.25, -0.2) is 4.98 Å². The van der Waals surface area contributed by atoms with E-state index < -0.39 is 0 Å². The van der Waals surface area contributed by atoms with Gasteiger partial charge >= 0.3 is 0 Å². The van der Waals surface area contributed by atoms with Gasteiger partial charge in [-0.2, -0.15) is 0 Å². The molecule has 27 heavy (non-hydrogen) atoms. The zero-order valence-electron chi connectivity index (χ0n) is 15.7. The van der Waals surface area contributed by atoms with Crippen LogP contribution in [0.3, 0.4) is 0 Å². The average Bonchev–Trinajstić information content (AvgIpc) is 3.13. The summed E-state index contributed by atoms with van der Waals surface area (Å²) in [7, 11) is 4.58. The molecule has 3 rings (SSSR count). The van der Waals surface area contributed by atoms with Crippen LogP contribution >= 0.6 is 0 Å². The van der Waals surface area contributed by atoms with Crippen molar-refractivity contribution in [1.82, 2.24) is 14.9 Å². The molecule has 7 heteroatoms. The van der Waals surface area contributed by atoms with Crippen molar-refractivity contribution in [3.05, 3.63) is 48.3 Å². The minimum atomic E-state index is -0.219. The first-order chi connectivity index (χ1) is 13.2. The van der Waals surface area contributed by atoms with Crippen molar-refractivity contribution in [1.29, 1.82) is 0 Å². The van der Waals surface area contributed by atoms with Gasteiger partial charge in [-0.05, 0) is 18.6 Å². The van der Waals surface area contributed by atoms with Gasteiger partial charge in [0.1, 0.15) is 5.75 Å². The first kappa shape index (κ1) is 18.6. The second-order valence-electron chi connectivity index (χ2n) is 5.94. The van der Waals surface area contributed by atoms with Gasteiger partial charge in [0.15, 0.2) is 11.5 Å². The van der Waals surface area contributed by atoms with Gasteiger partial charge in [0, 0.05) is 25.2 Å². The van der Waals surface area contributed by atoms with E-state index in [-0.39, 0.29) is 5.91 Å². The Labute approximate surface area is 157 Å². The van der Waals surface area contributed by atoms with Gasteiger partial charge in [-0.3, -0.25) is 4.79 Å². The normalized spacial score (nSPS) is 10.6. The van der Waals surface area contributed by atoms with Crippen LogP contribution in [-0.4, -0.2) is 43.3 Å². The number of amides is 1. The Hall–Kier alpha value is -3.22. The summed E-state index contributed by atoms with van der Waals surface area (Å²) in [5.41, 5.74) is 2.46. The van der Waals surface area contributed by atoms with E-state index in [1.807, 2.05) is 30.6 Å². The topological polar surface area (TPSA) is 74.6 Å². The first-order valence-corrected chi connectivity index (χ1v) is 8.66. The lowest BCUT2D eigenvalue weighted by molar-refractivity contribution is 0.0949. The Morgan fingerprint density at radius 2 is 1.74 bits per heavy atom. The summed E-state index contributed by atoms with van der Waals surface area (Å²) >= 11 is 0. The highest BCUT2D eigenvalue weighted by Gasteiger charge is 2.17. The molecule has 0 fully saturated rings. The monoisotopic (exact) mass is 369 g/mol. The van der Waals surface area contributed by atoms with E-state index in [9.17, 15) is 4.79 Å². The van der Waals surface area contributed by atoms with Crippen molar-refractivity contribution < 1.29 is 19.0 Å². The number of aromatic nitrogens is 2. The summed E-state index contributed by atoms with van der Waals surface area (Å²) in [6.07, 6.45) is 2.60. The Balaban J connectivity index is 1.62. The molecule has 1 heterocycles. The molecular formula is C20H23N3O4. The maximum atomic E-state index is 12.6. The number of benzene rings is 2. The predicted octanol–water partition coefficient (Wildman–Crippen LogP) is 2.88. The minimum absolute atomic E-state index is 0.219. The van der Waals surface area contributed by atoms with Gasteiger partial charge in [0.05, 0.1) is 44.3 Å². The van der Waals surface area contributed by atoms with E-state index in [0.29, 0.717) is 29.4 Å². The Morgan fingerprint density at radius 3 is 2.48 bits per heavy atom. The highest BCUT2D eigenvalue weighted by molar-refractivity contribution is 5.97. The molecule has 2 aromatic carbocycles. The maximum absolute atomic E-state index is 12.6. The lowest BCUT2D eigenvalue weighted by atomic mass is 10.1. The van der Waals surface area contributed by atoms with Crippen LogP contribution in [0, 0.1) is 0 Å². The molecule has 3 aromatic rings. The molecule has 0 unspecified atom stereocenters. The van der Waals surface area contributed by atoms with Crippen LogP contribution in [0.1, 0.15) is 16.8 Å². The number of imidazole rings is 1. The van der Waals surface area contributed by atoms with Crippen LogP contribution in [0.5, 0.6) is 17.2 Å². The van der Waals surface area contributed by atoms with Gasteiger partial charge < -0.3 is 24.1 Å². The Bertz CT molecular complexity index is 936. The molecule has 7 nitrogen and oxygen atoms in total. The van der Waals surface area contributed by atoms with Crippen LogP contribution in [0.25, 0.3) is 11.0 Å². The number of carbonyl (C=O) groups excluding carboxylic acids is 1. The average molecular weight is 369 g/mol. The summed E-state index contributed by atoms with van der Waals surface area (Å²) in [6, 6.07) is 11.2. The molecule has 0 bridgehead atoms. The van der Waals surface area contributed by atoms with E-state index in [4.69, 9.17) is 14.2 Å². The Morgan fingerprint density at radius 1 is 1.04 bits per heavy atom. The van der Waals surface area contributed by atoms with Crippen LogP contribution in [0.2, 0.25) is 0 Å². The molecule has 1 amide bonds. The highest BCUT2D eigenvalue weighted by atomic mass is 16.5. The summed E-state index contributed by atoms with van der Waals surface area (Å²) in [6.45, 7) is 1.30. The molecule has 142 valence electrons. The number of rotatable bonds is 8. The van der Waals surface area contributed by atoms with Crippen molar-refractivity contribution in [2.45, 2.75) is 13.0 Å². The van der Waals surface area contributed by atoms with Gasteiger partial charge in [-0.15, -0.1) is 0 Å². The van der Waals surface area contributed by atoms with Crippen molar-refractivity contribution in [2.75, 3.05) is 27.9 Å². The van der Waals surface area contributed by atoms with Crippen LogP contribution in [-0.2, 0) is 6.54 Å². The van der Waals surface area contributed by atoms with Crippen LogP contribution in [0.15, 0.2) is 42.7 Å². The second kappa shape index (κ2) is 8.44. The molecule has 0 atom stereocenters. The van der Waals surface area contributed by atoms with Crippen LogP contribution in [0.4, 0.5) is 0 Å². The number of hydrogen-bond acceptors (Lipinski definition) is 5. The lowest BCUT2D eigenvalue weighted by Gasteiger charge is -2.14. The molecule has 0 aliphatic heterocycles. The van der Waals surface area contributed by atoms with Gasteiger partial charge in [-0.1, -0.05) is 12.1 Å². The molecule has 1 aromatic heterocycles. The summed E-state index contributed by atoms with van der Waals surface area (Å²) in [5, 5.41) is 2.92. The highest BCUT2D eigenvalue weighted by Crippen LogP contribution is 2.34. The zero-order valence-corrected chi connectivity index (χ0v) is 15.7. The van der Waals surface area contributed by atoms with E-state index in [1.165, 1.54) is 21.3 Å². The van der Waals surface area contributed by atoms with E-state index >= 15 is 0 Å². The molecule has 0 saturated carbocycles. The molecule has 0 radical (unpaired) electrons. The van der Waals surface area contributed by atoms with E-state index in [2.05, 4.69) is 14.9 Å². The molecule has 0 aliphatic rings. The number of para-hydroxylation sites is 2. The fourth-order valence-corrected chi connectivity index (χ4v) is 2.94. The van der Waals surface area contributed by atoms with E-state index in [1.54, 1.807) is 12.1 Å². The van der Waals surface area contributed by atoms with Crippen molar-refractivity contribution in [3.63, 3.8) is 0 Å². The quantitative estimate of drug-likeness (QED) is 0.618. The largest absolute Gasteiger partial charge is 0.496 e. The standard InChI is InChI=1S/C20H23N3O4/c1-25-17-12-19(27-3)18(26-2)11-14(17)20(24)21-9-6-10-23-13-22-15-7-4-5-8-16(15)23/h4-5,7-8,11-13H,6,9-10H2,1-3H3,(H,21,24).